The molecule has 1 aliphatic carbocycles. The third kappa shape index (κ3) is 3.67. The molecule has 1 heterocycles. The second-order valence-electron chi connectivity index (χ2n) is 8.01. The maximum Gasteiger partial charge on any atom is 0.323 e. The van der Waals surface area contributed by atoms with Crippen LogP contribution in [0, 0.1) is 6.92 Å². The fraction of sp³-hybridized carbons (Fsp3) is 0.391. The van der Waals surface area contributed by atoms with Crippen molar-refractivity contribution in [3.05, 3.63) is 52.0 Å². The SMILES string of the molecule is COc1cc(NC(=O)C2(N3Cc4c(Br)cccc4NC3=O)CCCCC2)ccc1C. The lowest BCUT2D eigenvalue weighted by molar-refractivity contribution is -0.128. The normalized spacial score (nSPS) is 17.7. The standard InChI is InChI=1S/C23H26BrN3O3/c1-15-9-10-16(13-20(15)30-2)25-21(28)23(11-4-3-5-12-23)27-14-17-18(24)7-6-8-19(17)26-22(27)29/h6-10,13H,3-5,11-12,14H2,1-2H3,(H,25,28)(H,26,29). The number of amides is 3. The monoisotopic (exact) mass is 471 g/mol. The molecule has 2 aliphatic rings. The van der Waals surface area contributed by atoms with Gasteiger partial charge in [0.1, 0.15) is 11.3 Å². The van der Waals surface area contributed by atoms with Gasteiger partial charge in [-0.15, -0.1) is 0 Å². The quantitative estimate of drug-likeness (QED) is 0.621. The minimum absolute atomic E-state index is 0.140. The van der Waals surface area contributed by atoms with Crippen LogP contribution in [-0.4, -0.2) is 29.5 Å². The van der Waals surface area contributed by atoms with E-state index in [1.807, 2.05) is 43.3 Å². The summed E-state index contributed by atoms with van der Waals surface area (Å²) in [4.78, 5) is 28.4. The Hall–Kier alpha value is -2.54. The lowest BCUT2D eigenvalue weighted by Gasteiger charge is -2.46. The van der Waals surface area contributed by atoms with Crippen molar-refractivity contribution in [2.24, 2.45) is 0 Å². The first-order valence-electron chi connectivity index (χ1n) is 10.3. The Labute approximate surface area is 185 Å². The molecule has 0 radical (unpaired) electrons. The number of methoxy groups -OCH3 is 1. The maximum absolute atomic E-state index is 13.6. The fourth-order valence-electron chi connectivity index (χ4n) is 4.50. The summed E-state index contributed by atoms with van der Waals surface area (Å²) in [6.45, 7) is 2.35. The van der Waals surface area contributed by atoms with E-state index in [0.29, 0.717) is 25.1 Å². The van der Waals surface area contributed by atoms with E-state index < -0.39 is 5.54 Å². The minimum Gasteiger partial charge on any atom is -0.496 e. The molecule has 2 aromatic carbocycles. The van der Waals surface area contributed by atoms with Crippen LogP contribution >= 0.6 is 15.9 Å². The molecule has 1 fully saturated rings. The van der Waals surface area contributed by atoms with Gasteiger partial charge in [0, 0.05) is 27.5 Å². The number of nitrogens with one attached hydrogen (secondary N) is 2. The van der Waals surface area contributed by atoms with Crippen LogP contribution in [0.3, 0.4) is 0 Å². The van der Waals surface area contributed by atoms with Crippen molar-refractivity contribution in [2.45, 2.75) is 51.1 Å². The highest BCUT2D eigenvalue weighted by atomic mass is 79.9. The number of benzene rings is 2. The molecular formula is C23H26BrN3O3. The van der Waals surface area contributed by atoms with Gasteiger partial charge >= 0.3 is 6.03 Å². The molecule has 2 N–H and O–H groups in total. The predicted molar refractivity (Wildman–Crippen MR) is 121 cm³/mol. The van der Waals surface area contributed by atoms with Crippen molar-refractivity contribution in [1.82, 2.24) is 4.90 Å². The first-order valence-corrected chi connectivity index (χ1v) is 11.1. The van der Waals surface area contributed by atoms with Crippen molar-refractivity contribution in [2.75, 3.05) is 17.7 Å². The van der Waals surface area contributed by atoms with Gasteiger partial charge in [-0.2, -0.15) is 0 Å². The number of hydrogen-bond acceptors (Lipinski definition) is 3. The lowest BCUT2D eigenvalue weighted by atomic mass is 9.78. The number of urea groups is 1. The van der Waals surface area contributed by atoms with Gasteiger partial charge in [0.25, 0.3) is 0 Å². The van der Waals surface area contributed by atoms with Crippen molar-refractivity contribution in [3.63, 3.8) is 0 Å². The molecule has 0 spiro atoms. The summed E-state index contributed by atoms with van der Waals surface area (Å²) in [5.74, 6) is 0.581. The van der Waals surface area contributed by atoms with Crippen molar-refractivity contribution in [1.29, 1.82) is 0 Å². The van der Waals surface area contributed by atoms with Gasteiger partial charge in [0.15, 0.2) is 0 Å². The average Bonchev–Trinajstić information content (AvgIpc) is 2.75. The summed E-state index contributed by atoms with van der Waals surface area (Å²) in [5, 5.41) is 6.03. The molecule has 3 amide bonds. The first-order chi connectivity index (χ1) is 14.4. The largest absolute Gasteiger partial charge is 0.496 e. The van der Waals surface area contributed by atoms with Gasteiger partial charge < -0.3 is 20.3 Å². The summed E-state index contributed by atoms with van der Waals surface area (Å²) in [5.41, 5.74) is 2.58. The Bertz CT molecular complexity index is 986. The number of carbonyl (C=O) groups is 2. The molecule has 2 aromatic rings. The molecule has 0 atom stereocenters. The third-order valence-electron chi connectivity index (χ3n) is 6.21. The topological polar surface area (TPSA) is 70.7 Å². The Morgan fingerprint density at radius 2 is 1.97 bits per heavy atom. The molecule has 0 aromatic heterocycles. The van der Waals surface area contributed by atoms with Gasteiger partial charge in [0.2, 0.25) is 5.91 Å². The number of halogens is 1. The average molecular weight is 472 g/mol. The number of rotatable bonds is 4. The van der Waals surface area contributed by atoms with E-state index in [0.717, 1.165) is 46.3 Å². The van der Waals surface area contributed by atoms with Crippen molar-refractivity contribution in [3.8, 4) is 5.75 Å². The fourth-order valence-corrected chi connectivity index (χ4v) is 4.99. The third-order valence-corrected chi connectivity index (χ3v) is 6.95. The van der Waals surface area contributed by atoms with Gasteiger partial charge in [-0.05, 0) is 43.5 Å². The van der Waals surface area contributed by atoms with Crippen molar-refractivity contribution >= 4 is 39.2 Å². The van der Waals surface area contributed by atoms with E-state index in [2.05, 4.69) is 26.6 Å². The van der Waals surface area contributed by atoms with Gasteiger partial charge in [-0.25, -0.2) is 4.79 Å². The van der Waals surface area contributed by atoms with E-state index in [4.69, 9.17) is 4.74 Å². The number of ether oxygens (including phenoxy) is 1. The molecule has 1 aliphatic heterocycles. The molecule has 1 saturated carbocycles. The number of aryl methyl sites for hydroxylation is 1. The number of anilines is 2. The molecule has 0 unspecified atom stereocenters. The van der Waals surface area contributed by atoms with Crippen LogP contribution in [-0.2, 0) is 11.3 Å². The second-order valence-corrected chi connectivity index (χ2v) is 8.87. The van der Waals surface area contributed by atoms with E-state index >= 15 is 0 Å². The Balaban J connectivity index is 1.67. The molecule has 4 rings (SSSR count). The molecular weight excluding hydrogens is 446 g/mol. The van der Waals surface area contributed by atoms with Crippen LogP contribution in [0.25, 0.3) is 0 Å². The number of fused-ring (bicyclic) bond motifs is 1. The smallest absolute Gasteiger partial charge is 0.323 e. The van der Waals surface area contributed by atoms with Crippen LogP contribution in [0.4, 0.5) is 16.2 Å². The van der Waals surface area contributed by atoms with E-state index in [1.54, 1.807) is 12.0 Å². The summed E-state index contributed by atoms with van der Waals surface area (Å²) >= 11 is 3.59. The zero-order chi connectivity index (χ0) is 21.3. The van der Waals surface area contributed by atoms with Gasteiger partial charge in [0.05, 0.1) is 13.7 Å². The number of hydrogen-bond donors (Lipinski definition) is 2. The highest BCUT2D eigenvalue weighted by Gasteiger charge is 2.48. The van der Waals surface area contributed by atoms with Crippen LogP contribution in [0.2, 0.25) is 0 Å². The number of carbonyl (C=O) groups excluding carboxylic acids is 2. The predicted octanol–water partition coefficient (Wildman–Crippen LogP) is 5.46. The first kappa shape index (κ1) is 20.7. The van der Waals surface area contributed by atoms with Crippen molar-refractivity contribution < 1.29 is 14.3 Å². The summed E-state index contributed by atoms with van der Waals surface area (Å²) in [7, 11) is 1.62. The highest BCUT2D eigenvalue weighted by molar-refractivity contribution is 9.10. The minimum atomic E-state index is -0.882. The summed E-state index contributed by atoms with van der Waals surface area (Å²) in [6, 6.07) is 11.1. The molecule has 158 valence electrons. The van der Waals surface area contributed by atoms with E-state index in [-0.39, 0.29) is 11.9 Å². The van der Waals surface area contributed by atoms with Crippen LogP contribution in [0.1, 0.15) is 43.2 Å². The van der Waals surface area contributed by atoms with E-state index in [9.17, 15) is 9.59 Å². The molecule has 0 saturated heterocycles. The van der Waals surface area contributed by atoms with Gasteiger partial charge in [-0.3, -0.25) is 4.79 Å². The molecule has 7 heteroatoms. The highest BCUT2D eigenvalue weighted by Crippen LogP contribution is 2.40. The molecule has 6 nitrogen and oxygen atoms in total. The molecule has 0 bridgehead atoms. The molecule has 30 heavy (non-hydrogen) atoms. The van der Waals surface area contributed by atoms with Crippen LogP contribution in [0.5, 0.6) is 5.75 Å². The maximum atomic E-state index is 13.6. The van der Waals surface area contributed by atoms with E-state index in [1.165, 1.54) is 0 Å². The Morgan fingerprint density at radius 3 is 2.70 bits per heavy atom. The second kappa shape index (κ2) is 8.30. The summed E-state index contributed by atoms with van der Waals surface area (Å²) in [6.07, 6.45) is 4.20. The van der Waals surface area contributed by atoms with Crippen LogP contribution < -0.4 is 15.4 Å². The lowest BCUT2D eigenvalue weighted by Crippen LogP contribution is -2.61. The Morgan fingerprint density at radius 1 is 1.20 bits per heavy atom. The zero-order valence-electron chi connectivity index (χ0n) is 17.3. The zero-order valence-corrected chi connectivity index (χ0v) is 18.8. The number of nitrogens with zero attached hydrogens (tertiary/aromatic N) is 1. The Kier molecular flexibility index (Phi) is 5.73. The summed E-state index contributed by atoms with van der Waals surface area (Å²) < 4.78 is 6.32. The van der Waals surface area contributed by atoms with Crippen LogP contribution in [0.15, 0.2) is 40.9 Å². The van der Waals surface area contributed by atoms with Gasteiger partial charge in [-0.1, -0.05) is 47.3 Å².